The van der Waals surface area contributed by atoms with Gasteiger partial charge in [-0.25, -0.2) is 4.79 Å². The van der Waals surface area contributed by atoms with Crippen molar-refractivity contribution in [3.8, 4) is 0 Å². The summed E-state index contributed by atoms with van der Waals surface area (Å²) < 4.78 is 10.3. The summed E-state index contributed by atoms with van der Waals surface area (Å²) in [6.45, 7) is 13.7. The fourth-order valence-electron chi connectivity index (χ4n) is 1.11. The summed E-state index contributed by atoms with van der Waals surface area (Å²) in [7, 11) is 0. The van der Waals surface area contributed by atoms with E-state index in [1.54, 1.807) is 27.7 Å². The van der Waals surface area contributed by atoms with Crippen LogP contribution >= 0.6 is 0 Å². The molecule has 0 aromatic carbocycles. The van der Waals surface area contributed by atoms with Crippen molar-refractivity contribution >= 4 is 11.8 Å². The van der Waals surface area contributed by atoms with Gasteiger partial charge in [0.25, 0.3) is 0 Å². The minimum Gasteiger partial charge on any atom is -0.460 e. The van der Waals surface area contributed by atoms with E-state index >= 15 is 0 Å². The molecule has 0 aromatic heterocycles. The molecule has 0 rings (SSSR count). The Balaban J connectivity index is 4.06. The van der Waals surface area contributed by atoms with Gasteiger partial charge >= 0.3 is 5.97 Å². The largest absolute Gasteiger partial charge is 0.460 e. The highest BCUT2D eigenvalue weighted by Crippen LogP contribution is 2.05. The van der Waals surface area contributed by atoms with Crippen LogP contribution in [0.1, 0.15) is 27.7 Å². The molecule has 0 aromatic rings. The van der Waals surface area contributed by atoms with Gasteiger partial charge < -0.3 is 9.47 Å². The molecule has 0 radical (unpaired) electrons. The molecule has 0 aliphatic carbocycles. The highest BCUT2D eigenvalue weighted by atomic mass is 16.6. The average molecular weight is 240 g/mol. The standard InChI is InChI=1S/C13H20O4/c1-8(2)12(14)11(6)17-10(5)7-16-13(15)9(3)4/h10-11H,1,3,7H2,2,4-6H3. The van der Waals surface area contributed by atoms with Crippen LogP contribution in [0.2, 0.25) is 0 Å². The summed E-state index contributed by atoms with van der Waals surface area (Å²) in [5.74, 6) is -0.609. The van der Waals surface area contributed by atoms with E-state index in [0.29, 0.717) is 11.1 Å². The van der Waals surface area contributed by atoms with Gasteiger partial charge in [-0.3, -0.25) is 4.79 Å². The number of carbonyl (C=O) groups is 2. The Hall–Kier alpha value is -1.42. The zero-order valence-electron chi connectivity index (χ0n) is 10.9. The highest BCUT2D eigenvalue weighted by molar-refractivity contribution is 5.97. The molecule has 0 heterocycles. The normalized spacial score (nSPS) is 13.6. The Bertz CT molecular complexity index is 330. The van der Waals surface area contributed by atoms with Crippen molar-refractivity contribution in [3.05, 3.63) is 24.3 Å². The molecule has 2 atom stereocenters. The summed E-state index contributed by atoms with van der Waals surface area (Å²) in [5, 5.41) is 0. The van der Waals surface area contributed by atoms with Crippen molar-refractivity contribution in [1.82, 2.24) is 0 Å². The Kier molecular flexibility index (Phi) is 6.43. The molecule has 0 fully saturated rings. The van der Waals surface area contributed by atoms with Crippen LogP contribution in [0.5, 0.6) is 0 Å². The zero-order chi connectivity index (χ0) is 13.6. The molecule has 4 heteroatoms. The minimum atomic E-state index is -0.578. The first-order valence-corrected chi connectivity index (χ1v) is 5.43. The maximum Gasteiger partial charge on any atom is 0.333 e. The summed E-state index contributed by atoms with van der Waals surface area (Å²) >= 11 is 0. The quantitative estimate of drug-likeness (QED) is 0.505. The molecule has 96 valence electrons. The predicted molar refractivity (Wildman–Crippen MR) is 65.6 cm³/mol. The monoisotopic (exact) mass is 240 g/mol. The number of ether oxygens (including phenoxy) is 2. The Morgan fingerprint density at radius 2 is 1.65 bits per heavy atom. The third-order valence-corrected chi connectivity index (χ3v) is 2.02. The van der Waals surface area contributed by atoms with Crippen LogP contribution < -0.4 is 0 Å². The van der Waals surface area contributed by atoms with Gasteiger partial charge in [-0.15, -0.1) is 0 Å². The summed E-state index contributed by atoms with van der Waals surface area (Å²) in [4.78, 5) is 22.6. The number of Topliss-reactive ketones (excluding diaryl/α,β-unsaturated/α-hetero) is 1. The Morgan fingerprint density at radius 1 is 1.12 bits per heavy atom. The fraction of sp³-hybridized carbons (Fsp3) is 0.538. The zero-order valence-corrected chi connectivity index (χ0v) is 10.9. The fourth-order valence-corrected chi connectivity index (χ4v) is 1.11. The number of hydrogen-bond donors (Lipinski definition) is 0. The maximum absolute atomic E-state index is 11.5. The number of esters is 1. The van der Waals surface area contributed by atoms with Crippen LogP contribution in [0.4, 0.5) is 0 Å². The highest BCUT2D eigenvalue weighted by Gasteiger charge is 2.18. The van der Waals surface area contributed by atoms with E-state index in [-0.39, 0.29) is 18.5 Å². The number of carbonyl (C=O) groups excluding carboxylic acids is 2. The molecule has 0 amide bonds. The van der Waals surface area contributed by atoms with Crippen LogP contribution in [0, 0.1) is 0 Å². The molecule has 4 nitrogen and oxygen atoms in total. The molecule has 0 aliphatic rings. The first-order chi connectivity index (χ1) is 7.75. The average Bonchev–Trinajstić information content (AvgIpc) is 2.24. The van der Waals surface area contributed by atoms with E-state index in [4.69, 9.17) is 9.47 Å². The molecule has 0 aliphatic heterocycles. The van der Waals surface area contributed by atoms with Crippen molar-refractivity contribution in [2.24, 2.45) is 0 Å². The molecule has 0 bridgehead atoms. The van der Waals surface area contributed by atoms with E-state index in [1.807, 2.05) is 0 Å². The molecular weight excluding hydrogens is 220 g/mol. The lowest BCUT2D eigenvalue weighted by Crippen LogP contribution is -2.29. The molecule has 0 spiro atoms. The van der Waals surface area contributed by atoms with E-state index in [9.17, 15) is 9.59 Å². The lowest BCUT2D eigenvalue weighted by molar-refractivity contribution is -0.145. The minimum absolute atomic E-state index is 0.0967. The topological polar surface area (TPSA) is 52.6 Å². The summed E-state index contributed by atoms with van der Waals surface area (Å²) in [5.41, 5.74) is 0.784. The van der Waals surface area contributed by atoms with Crippen LogP contribution in [0.3, 0.4) is 0 Å². The summed E-state index contributed by atoms with van der Waals surface area (Å²) in [6, 6.07) is 0. The molecular formula is C13H20O4. The van der Waals surface area contributed by atoms with Gasteiger partial charge in [-0.2, -0.15) is 0 Å². The first kappa shape index (κ1) is 15.6. The van der Waals surface area contributed by atoms with E-state index < -0.39 is 12.1 Å². The van der Waals surface area contributed by atoms with Crippen LogP contribution in [-0.4, -0.2) is 30.6 Å². The van der Waals surface area contributed by atoms with Gasteiger partial charge in [-0.1, -0.05) is 13.2 Å². The first-order valence-electron chi connectivity index (χ1n) is 5.43. The second kappa shape index (κ2) is 7.01. The molecule has 2 unspecified atom stereocenters. The van der Waals surface area contributed by atoms with Gasteiger partial charge in [0.15, 0.2) is 5.78 Å². The Morgan fingerprint density at radius 3 is 2.06 bits per heavy atom. The van der Waals surface area contributed by atoms with E-state index in [1.165, 1.54) is 0 Å². The number of hydrogen-bond acceptors (Lipinski definition) is 4. The van der Waals surface area contributed by atoms with Crippen LogP contribution in [0.25, 0.3) is 0 Å². The molecule has 17 heavy (non-hydrogen) atoms. The van der Waals surface area contributed by atoms with Crippen LogP contribution in [-0.2, 0) is 19.1 Å². The van der Waals surface area contributed by atoms with Gasteiger partial charge in [0.1, 0.15) is 12.7 Å². The van der Waals surface area contributed by atoms with Crippen molar-refractivity contribution in [1.29, 1.82) is 0 Å². The van der Waals surface area contributed by atoms with E-state index in [2.05, 4.69) is 13.2 Å². The van der Waals surface area contributed by atoms with Gasteiger partial charge in [0.2, 0.25) is 0 Å². The maximum atomic E-state index is 11.5. The lowest BCUT2D eigenvalue weighted by atomic mass is 10.1. The SMILES string of the molecule is C=C(C)C(=O)OCC(C)OC(C)C(=O)C(=C)C. The summed E-state index contributed by atoms with van der Waals surface area (Å²) in [6.07, 6.45) is -0.928. The number of rotatable bonds is 7. The molecule has 0 saturated heterocycles. The second-order valence-electron chi connectivity index (χ2n) is 4.11. The van der Waals surface area contributed by atoms with Crippen LogP contribution in [0.15, 0.2) is 24.3 Å². The van der Waals surface area contributed by atoms with Crippen molar-refractivity contribution in [2.45, 2.75) is 39.9 Å². The lowest BCUT2D eigenvalue weighted by Gasteiger charge is -2.18. The van der Waals surface area contributed by atoms with E-state index in [0.717, 1.165) is 0 Å². The Labute approximate surface area is 102 Å². The van der Waals surface area contributed by atoms with Crippen molar-refractivity contribution in [2.75, 3.05) is 6.61 Å². The van der Waals surface area contributed by atoms with Gasteiger partial charge in [-0.05, 0) is 33.3 Å². The van der Waals surface area contributed by atoms with Crippen molar-refractivity contribution < 1.29 is 19.1 Å². The third kappa shape index (κ3) is 6.02. The van der Waals surface area contributed by atoms with Gasteiger partial charge in [0, 0.05) is 5.57 Å². The second-order valence-corrected chi connectivity index (χ2v) is 4.11. The molecule has 0 saturated carbocycles. The number of ketones is 1. The van der Waals surface area contributed by atoms with Gasteiger partial charge in [0.05, 0.1) is 6.10 Å². The predicted octanol–water partition coefficient (Wildman–Crippen LogP) is 2.04. The smallest absolute Gasteiger partial charge is 0.333 e. The molecule has 0 N–H and O–H groups in total. The van der Waals surface area contributed by atoms with Crippen molar-refractivity contribution in [3.63, 3.8) is 0 Å². The third-order valence-electron chi connectivity index (χ3n) is 2.02.